The predicted molar refractivity (Wildman–Crippen MR) is 132 cm³/mol. The van der Waals surface area contributed by atoms with E-state index in [2.05, 4.69) is 10.3 Å². The van der Waals surface area contributed by atoms with E-state index in [-0.39, 0.29) is 57.2 Å². The number of ether oxygens (including phenoxy) is 1. The molecule has 2 aliphatic rings. The summed E-state index contributed by atoms with van der Waals surface area (Å²) in [6, 6.07) is 4.93. The standard InChI is InChI=1S/C25H26F4N4O2S/c1-13-9-32(10-14(2)30-13)23-18-8-19(25(27,28)29)20(15-4-6-16(26)7-5-15)22-21(18)33(24(34)31-23)17(11-35-3)12-36-22/h4-8,13-14,17,30H,9-12H2,1-3H3/t13-,14+,17-/m0/s1/i3D3. The summed E-state index contributed by atoms with van der Waals surface area (Å²) in [5.41, 5.74) is -1.42. The lowest BCUT2D eigenvalue weighted by atomic mass is 9.96. The maximum absolute atomic E-state index is 14.6. The lowest BCUT2D eigenvalue weighted by molar-refractivity contribution is -0.137. The second-order valence-corrected chi connectivity index (χ2v) is 10.3. The maximum Gasteiger partial charge on any atom is 0.417 e. The Hall–Kier alpha value is -2.63. The van der Waals surface area contributed by atoms with Gasteiger partial charge in [0, 0.05) is 53.8 Å². The maximum atomic E-state index is 14.6. The van der Waals surface area contributed by atoms with Gasteiger partial charge in [0.05, 0.1) is 27.8 Å². The molecule has 1 N–H and O–H groups in total. The quantitative estimate of drug-likeness (QED) is 0.499. The van der Waals surface area contributed by atoms with Gasteiger partial charge in [-0.05, 0) is 37.6 Å². The van der Waals surface area contributed by atoms with Gasteiger partial charge in [-0.2, -0.15) is 18.2 Å². The van der Waals surface area contributed by atoms with Crippen LogP contribution in [0.5, 0.6) is 0 Å². The largest absolute Gasteiger partial charge is 0.417 e. The van der Waals surface area contributed by atoms with Gasteiger partial charge in [0.1, 0.15) is 11.6 Å². The summed E-state index contributed by atoms with van der Waals surface area (Å²) in [6.07, 6.45) is -4.77. The third kappa shape index (κ3) is 4.37. The van der Waals surface area contributed by atoms with Crippen LogP contribution in [0.4, 0.5) is 23.4 Å². The Morgan fingerprint density at radius 1 is 1.22 bits per heavy atom. The molecule has 36 heavy (non-hydrogen) atoms. The number of hydrogen-bond acceptors (Lipinski definition) is 6. The molecule has 11 heteroatoms. The van der Waals surface area contributed by atoms with E-state index in [9.17, 15) is 22.4 Å². The fourth-order valence-corrected chi connectivity index (χ4v) is 6.50. The van der Waals surface area contributed by atoms with E-state index in [1.807, 2.05) is 18.7 Å². The molecule has 0 radical (unpaired) electrons. The average Bonchev–Trinajstić information content (AvgIpc) is 2.83. The summed E-state index contributed by atoms with van der Waals surface area (Å²) < 4.78 is 86.0. The number of piperazine rings is 1. The SMILES string of the molecule is [2H]C([2H])([2H])OC[C@H]1CSc2c(-c3ccc(F)cc3)c(C(F)(F)F)cc3c(N4C[C@@H](C)N[C@@H](C)C4)nc(=O)n1c23. The molecule has 3 aromatic rings. The zero-order valence-electron chi connectivity index (χ0n) is 22.5. The van der Waals surface area contributed by atoms with Crippen LogP contribution < -0.4 is 15.9 Å². The Kier molecular flexibility index (Phi) is 5.57. The fourth-order valence-electron chi connectivity index (χ4n) is 5.18. The Labute approximate surface area is 213 Å². The van der Waals surface area contributed by atoms with Crippen molar-refractivity contribution in [1.82, 2.24) is 14.9 Å². The minimum Gasteiger partial charge on any atom is -0.383 e. The molecule has 3 heterocycles. The number of methoxy groups -OCH3 is 1. The minimum atomic E-state index is -4.77. The van der Waals surface area contributed by atoms with Gasteiger partial charge < -0.3 is 15.0 Å². The molecule has 1 fully saturated rings. The topological polar surface area (TPSA) is 59.4 Å². The first-order chi connectivity index (χ1) is 18.2. The average molecular weight is 526 g/mol. The molecule has 0 aliphatic carbocycles. The van der Waals surface area contributed by atoms with Crippen LogP contribution in [0.25, 0.3) is 22.0 Å². The zero-order chi connectivity index (χ0) is 28.3. The molecule has 2 aliphatic heterocycles. The summed E-state index contributed by atoms with van der Waals surface area (Å²) >= 11 is 1.09. The highest BCUT2D eigenvalue weighted by Gasteiger charge is 2.39. The van der Waals surface area contributed by atoms with Crippen molar-refractivity contribution in [2.24, 2.45) is 0 Å². The Balaban J connectivity index is 1.83. The number of halogens is 4. The first kappa shape index (κ1) is 21.5. The third-order valence-electron chi connectivity index (χ3n) is 6.50. The Morgan fingerprint density at radius 2 is 1.92 bits per heavy atom. The van der Waals surface area contributed by atoms with Crippen molar-refractivity contribution in [3.05, 3.63) is 52.2 Å². The van der Waals surface area contributed by atoms with Crippen LogP contribution in [0.2, 0.25) is 0 Å². The summed E-state index contributed by atoms with van der Waals surface area (Å²) in [6.45, 7) is 4.36. The van der Waals surface area contributed by atoms with Crippen LogP contribution in [-0.2, 0) is 10.9 Å². The van der Waals surface area contributed by atoms with Gasteiger partial charge in [-0.25, -0.2) is 9.18 Å². The van der Waals surface area contributed by atoms with E-state index in [1.54, 1.807) is 0 Å². The second kappa shape index (κ2) is 9.35. The lowest BCUT2D eigenvalue weighted by Gasteiger charge is -2.38. The highest BCUT2D eigenvalue weighted by molar-refractivity contribution is 7.99. The Bertz CT molecular complexity index is 1450. The van der Waals surface area contributed by atoms with E-state index < -0.39 is 36.3 Å². The molecule has 5 rings (SSSR count). The molecule has 0 bridgehead atoms. The Morgan fingerprint density at radius 3 is 2.56 bits per heavy atom. The molecule has 0 spiro atoms. The van der Waals surface area contributed by atoms with Crippen molar-refractivity contribution in [3.8, 4) is 11.1 Å². The van der Waals surface area contributed by atoms with Gasteiger partial charge in [-0.1, -0.05) is 12.1 Å². The number of benzene rings is 2. The summed E-state index contributed by atoms with van der Waals surface area (Å²) in [5.74, 6) is -0.375. The van der Waals surface area contributed by atoms with E-state index >= 15 is 0 Å². The first-order valence-corrected chi connectivity index (χ1v) is 12.5. The molecule has 6 nitrogen and oxygen atoms in total. The van der Waals surface area contributed by atoms with Crippen LogP contribution in [0.1, 0.15) is 29.6 Å². The van der Waals surface area contributed by atoms with E-state index in [4.69, 9.17) is 8.85 Å². The molecule has 0 amide bonds. The van der Waals surface area contributed by atoms with Gasteiger partial charge >= 0.3 is 11.9 Å². The molecular weight excluding hydrogens is 496 g/mol. The minimum absolute atomic E-state index is 0.00390. The number of rotatable bonds is 4. The summed E-state index contributed by atoms with van der Waals surface area (Å²) in [7, 11) is -2.71. The second-order valence-electron chi connectivity index (χ2n) is 9.27. The van der Waals surface area contributed by atoms with E-state index in [0.717, 1.165) is 30.0 Å². The van der Waals surface area contributed by atoms with Gasteiger partial charge in [0.25, 0.3) is 0 Å². The molecule has 0 unspecified atom stereocenters. The number of aromatic nitrogens is 2. The molecular formula is C25H26F4N4O2S. The zero-order valence-corrected chi connectivity index (χ0v) is 20.3. The highest BCUT2D eigenvalue weighted by Crippen LogP contribution is 2.49. The van der Waals surface area contributed by atoms with Crippen molar-refractivity contribution < 1.29 is 26.4 Å². The van der Waals surface area contributed by atoms with Crippen molar-refractivity contribution in [2.75, 3.05) is 37.4 Å². The van der Waals surface area contributed by atoms with Gasteiger partial charge in [-0.15, -0.1) is 11.8 Å². The van der Waals surface area contributed by atoms with Gasteiger partial charge in [0.15, 0.2) is 0 Å². The highest BCUT2D eigenvalue weighted by atomic mass is 32.2. The van der Waals surface area contributed by atoms with Crippen LogP contribution in [0, 0.1) is 5.82 Å². The molecule has 1 aromatic heterocycles. The van der Waals surface area contributed by atoms with Crippen LogP contribution in [0.3, 0.4) is 0 Å². The number of anilines is 1. The molecule has 0 saturated carbocycles. The van der Waals surface area contributed by atoms with E-state index in [1.165, 1.54) is 16.7 Å². The van der Waals surface area contributed by atoms with Crippen LogP contribution in [0.15, 0.2) is 40.0 Å². The number of hydrogen-bond donors (Lipinski definition) is 1. The van der Waals surface area contributed by atoms with Crippen molar-refractivity contribution in [2.45, 2.75) is 43.0 Å². The monoisotopic (exact) mass is 525 g/mol. The lowest BCUT2D eigenvalue weighted by Crippen LogP contribution is -2.55. The number of nitrogens with one attached hydrogen (secondary N) is 1. The summed E-state index contributed by atoms with van der Waals surface area (Å²) in [5, 5.41) is 3.49. The number of alkyl halides is 3. The molecule has 3 atom stereocenters. The number of nitrogens with zero attached hydrogens (tertiary/aromatic N) is 3. The third-order valence-corrected chi connectivity index (χ3v) is 7.74. The molecule has 2 aromatic carbocycles. The van der Waals surface area contributed by atoms with Crippen molar-refractivity contribution in [1.29, 1.82) is 0 Å². The predicted octanol–water partition coefficient (Wildman–Crippen LogP) is 4.70. The van der Waals surface area contributed by atoms with Gasteiger partial charge in [0.2, 0.25) is 0 Å². The molecule has 192 valence electrons. The fraction of sp³-hybridized carbons (Fsp3) is 0.440. The van der Waals surface area contributed by atoms with Gasteiger partial charge in [-0.3, -0.25) is 4.57 Å². The van der Waals surface area contributed by atoms with E-state index in [0.29, 0.717) is 13.1 Å². The molecule has 1 saturated heterocycles. The van der Waals surface area contributed by atoms with Crippen LogP contribution in [-0.4, -0.2) is 54.1 Å². The van der Waals surface area contributed by atoms with Crippen LogP contribution >= 0.6 is 11.8 Å². The smallest absolute Gasteiger partial charge is 0.383 e. The van der Waals surface area contributed by atoms with Crippen molar-refractivity contribution in [3.63, 3.8) is 0 Å². The number of thioether (sulfide) groups is 1. The first-order valence-electron chi connectivity index (χ1n) is 13.0. The van der Waals surface area contributed by atoms with Crippen molar-refractivity contribution >= 4 is 28.5 Å². The normalized spacial score (nSPS) is 23.9. The summed E-state index contributed by atoms with van der Waals surface area (Å²) in [4.78, 5) is 19.8.